The fraction of sp³-hybridized carbons (Fsp3) is 0.0769. The second-order valence-electron chi connectivity index (χ2n) is 3.90. The molecule has 0 saturated carbocycles. The molecule has 0 atom stereocenters. The zero-order valence-electron chi connectivity index (χ0n) is 9.67. The summed E-state index contributed by atoms with van der Waals surface area (Å²) in [6.07, 6.45) is 3.49. The van der Waals surface area contributed by atoms with Crippen LogP contribution in [0.2, 0.25) is 0 Å². The van der Waals surface area contributed by atoms with Crippen molar-refractivity contribution in [2.75, 3.05) is 0 Å². The third-order valence-electron chi connectivity index (χ3n) is 2.62. The highest BCUT2D eigenvalue weighted by atomic mass is 127. The van der Waals surface area contributed by atoms with Gasteiger partial charge < -0.3 is 9.30 Å². The Hall–Kier alpha value is -1.63. The molecular formula is C13H10IN3O. The lowest BCUT2D eigenvalue weighted by Gasteiger charge is -2.05. The number of hydrogen-bond acceptors (Lipinski definition) is 3. The summed E-state index contributed by atoms with van der Waals surface area (Å²) in [5, 5.41) is 0. The Morgan fingerprint density at radius 2 is 2.11 bits per heavy atom. The lowest BCUT2D eigenvalue weighted by molar-refractivity contribution is 0.468. The van der Waals surface area contributed by atoms with Gasteiger partial charge >= 0.3 is 0 Å². The number of hydrogen-bond donors (Lipinski definition) is 0. The van der Waals surface area contributed by atoms with Crippen LogP contribution < -0.4 is 4.74 Å². The molecule has 0 unspecified atom stereocenters. The Morgan fingerprint density at radius 3 is 2.94 bits per heavy atom. The molecule has 2 heterocycles. The molecule has 0 aliphatic rings. The number of fused-ring (bicyclic) bond motifs is 1. The molecule has 4 nitrogen and oxygen atoms in total. The van der Waals surface area contributed by atoms with Gasteiger partial charge in [0.25, 0.3) is 0 Å². The van der Waals surface area contributed by atoms with Gasteiger partial charge in [0.2, 0.25) is 5.88 Å². The van der Waals surface area contributed by atoms with Crippen molar-refractivity contribution in [3.63, 3.8) is 0 Å². The highest BCUT2D eigenvalue weighted by molar-refractivity contribution is 14.1. The summed E-state index contributed by atoms with van der Waals surface area (Å²) >= 11 is 2.25. The zero-order chi connectivity index (χ0) is 12.5. The number of halogens is 1. The van der Waals surface area contributed by atoms with E-state index in [1.165, 1.54) is 0 Å². The first-order chi connectivity index (χ1) is 8.74. The van der Waals surface area contributed by atoms with Gasteiger partial charge in [0.15, 0.2) is 5.52 Å². The summed E-state index contributed by atoms with van der Waals surface area (Å²) in [7, 11) is 1.95. The molecule has 1 aromatic carbocycles. The molecule has 3 aromatic rings. The van der Waals surface area contributed by atoms with E-state index >= 15 is 0 Å². The van der Waals surface area contributed by atoms with E-state index in [2.05, 4.69) is 32.6 Å². The molecule has 0 saturated heterocycles. The molecule has 18 heavy (non-hydrogen) atoms. The molecule has 0 radical (unpaired) electrons. The van der Waals surface area contributed by atoms with E-state index in [0.717, 1.165) is 20.4 Å². The number of rotatable bonds is 2. The second-order valence-corrected chi connectivity index (χ2v) is 5.14. The molecule has 0 fully saturated rings. The fourth-order valence-corrected chi connectivity index (χ4v) is 2.27. The third kappa shape index (κ3) is 2.05. The van der Waals surface area contributed by atoms with Gasteiger partial charge in [0.05, 0.1) is 11.8 Å². The van der Waals surface area contributed by atoms with Gasteiger partial charge in [-0.05, 0) is 46.9 Å². The molecule has 90 valence electrons. The average molecular weight is 351 g/mol. The molecule has 2 aromatic heterocycles. The van der Waals surface area contributed by atoms with Gasteiger partial charge in [-0.25, -0.2) is 9.97 Å². The number of aromatic nitrogens is 3. The predicted octanol–water partition coefficient (Wildman–Crippen LogP) is 3.37. The molecule has 0 N–H and O–H groups in total. The van der Waals surface area contributed by atoms with Crippen molar-refractivity contribution in [2.24, 2.45) is 7.05 Å². The van der Waals surface area contributed by atoms with Crippen LogP contribution in [0.4, 0.5) is 0 Å². The predicted molar refractivity (Wildman–Crippen MR) is 77.7 cm³/mol. The van der Waals surface area contributed by atoms with Crippen LogP contribution in [0.5, 0.6) is 11.6 Å². The number of nitrogens with zero attached hydrogens (tertiary/aromatic N) is 3. The van der Waals surface area contributed by atoms with Crippen molar-refractivity contribution in [1.82, 2.24) is 14.5 Å². The Kier molecular flexibility index (Phi) is 2.91. The van der Waals surface area contributed by atoms with Crippen LogP contribution in [0.1, 0.15) is 0 Å². The smallest absolute Gasteiger partial charge is 0.247 e. The number of ether oxygens (including phenoxy) is 1. The Labute approximate surface area is 118 Å². The van der Waals surface area contributed by atoms with Crippen LogP contribution in [0.3, 0.4) is 0 Å². The van der Waals surface area contributed by atoms with E-state index in [4.69, 9.17) is 4.74 Å². The van der Waals surface area contributed by atoms with Crippen molar-refractivity contribution < 1.29 is 4.74 Å². The SMILES string of the molecule is Cn1cnc2c(Oc3cccc(I)c3)nccc21. The average Bonchev–Trinajstić information content (AvgIpc) is 2.73. The molecule has 0 spiro atoms. The van der Waals surface area contributed by atoms with Gasteiger partial charge in [-0.3, -0.25) is 0 Å². The van der Waals surface area contributed by atoms with Gasteiger partial charge in [-0.2, -0.15) is 0 Å². The van der Waals surface area contributed by atoms with E-state index in [-0.39, 0.29) is 0 Å². The first-order valence-corrected chi connectivity index (χ1v) is 6.51. The Bertz CT molecular complexity index is 708. The van der Waals surface area contributed by atoms with E-state index in [0.29, 0.717) is 5.88 Å². The maximum Gasteiger partial charge on any atom is 0.247 e. The first kappa shape index (κ1) is 11.5. The largest absolute Gasteiger partial charge is 0.437 e. The van der Waals surface area contributed by atoms with Crippen LogP contribution in [0.15, 0.2) is 42.9 Å². The van der Waals surface area contributed by atoms with Crippen LogP contribution in [-0.2, 0) is 7.05 Å². The number of pyridine rings is 1. The number of benzene rings is 1. The number of aryl methyl sites for hydroxylation is 1. The lowest BCUT2D eigenvalue weighted by Crippen LogP contribution is -1.90. The van der Waals surface area contributed by atoms with Crippen molar-refractivity contribution in [3.8, 4) is 11.6 Å². The number of imidazole rings is 1. The van der Waals surface area contributed by atoms with Crippen molar-refractivity contribution in [2.45, 2.75) is 0 Å². The molecule has 3 rings (SSSR count). The highest BCUT2D eigenvalue weighted by Crippen LogP contribution is 2.26. The first-order valence-electron chi connectivity index (χ1n) is 5.43. The minimum atomic E-state index is 0.537. The summed E-state index contributed by atoms with van der Waals surface area (Å²) in [5.41, 5.74) is 1.78. The van der Waals surface area contributed by atoms with E-state index < -0.39 is 0 Å². The van der Waals surface area contributed by atoms with E-state index in [1.807, 2.05) is 41.9 Å². The van der Waals surface area contributed by atoms with Crippen LogP contribution in [0.25, 0.3) is 11.0 Å². The summed E-state index contributed by atoms with van der Waals surface area (Å²) in [5.74, 6) is 1.31. The topological polar surface area (TPSA) is 39.9 Å². The Morgan fingerprint density at radius 1 is 1.22 bits per heavy atom. The molecular weight excluding hydrogens is 341 g/mol. The van der Waals surface area contributed by atoms with Crippen LogP contribution in [-0.4, -0.2) is 14.5 Å². The third-order valence-corrected chi connectivity index (χ3v) is 3.29. The normalized spacial score (nSPS) is 10.8. The van der Waals surface area contributed by atoms with Crippen molar-refractivity contribution in [1.29, 1.82) is 0 Å². The molecule has 0 amide bonds. The molecule has 0 bridgehead atoms. The highest BCUT2D eigenvalue weighted by Gasteiger charge is 2.08. The maximum atomic E-state index is 5.79. The Balaban J connectivity index is 2.05. The summed E-state index contributed by atoms with van der Waals surface area (Å²) in [6, 6.07) is 9.76. The standard InChI is InChI=1S/C13H10IN3O/c1-17-8-16-12-11(17)5-6-15-13(12)18-10-4-2-3-9(14)7-10/h2-8H,1H3. The van der Waals surface area contributed by atoms with Gasteiger partial charge in [-0.15, -0.1) is 0 Å². The van der Waals surface area contributed by atoms with Gasteiger partial charge in [-0.1, -0.05) is 6.07 Å². The maximum absolute atomic E-state index is 5.79. The summed E-state index contributed by atoms with van der Waals surface area (Å²) in [6.45, 7) is 0. The fourth-order valence-electron chi connectivity index (χ4n) is 1.75. The monoisotopic (exact) mass is 351 g/mol. The van der Waals surface area contributed by atoms with Crippen LogP contribution >= 0.6 is 22.6 Å². The zero-order valence-corrected chi connectivity index (χ0v) is 11.8. The van der Waals surface area contributed by atoms with Crippen LogP contribution in [0, 0.1) is 3.57 Å². The second kappa shape index (κ2) is 4.56. The van der Waals surface area contributed by atoms with Crippen molar-refractivity contribution >= 4 is 33.6 Å². The van der Waals surface area contributed by atoms with Gasteiger partial charge in [0, 0.05) is 16.8 Å². The quantitative estimate of drug-likeness (QED) is 0.665. The van der Waals surface area contributed by atoms with Crippen molar-refractivity contribution in [3.05, 3.63) is 46.4 Å². The molecule has 0 aliphatic carbocycles. The molecule has 5 heteroatoms. The lowest BCUT2D eigenvalue weighted by atomic mass is 10.3. The minimum absolute atomic E-state index is 0.537. The van der Waals surface area contributed by atoms with Gasteiger partial charge in [0.1, 0.15) is 5.75 Å². The summed E-state index contributed by atoms with van der Waals surface area (Å²) < 4.78 is 8.86. The minimum Gasteiger partial charge on any atom is -0.437 e. The van der Waals surface area contributed by atoms with E-state index in [9.17, 15) is 0 Å². The summed E-state index contributed by atoms with van der Waals surface area (Å²) in [4.78, 5) is 8.56. The molecule has 0 aliphatic heterocycles. The van der Waals surface area contributed by atoms with E-state index in [1.54, 1.807) is 12.5 Å².